The summed E-state index contributed by atoms with van der Waals surface area (Å²) in [6.45, 7) is 9.55. The van der Waals surface area contributed by atoms with Crippen molar-refractivity contribution in [2.75, 3.05) is 26.7 Å². The van der Waals surface area contributed by atoms with Crippen LogP contribution in [0.3, 0.4) is 0 Å². The van der Waals surface area contributed by atoms with Crippen LogP contribution < -0.4 is 11.3 Å². The summed E-state index contributed by atoms with van der Waals surface area (Å²) in [5, 5.41) is 0. The standard InChI is InChI=1S/C11H25N5/c1-9(2)13-11(14-12)16-7-5-6-15(4)8-10(16)3/h9-10H,5-8,12H2,1-4H3,(H,13,14). The van der Waals surface area contributed by atoms with Crippen LogP contribution in [0.2, 0.25) is 0 Å². The lowest BCUT2D eigenvalue weighted by molar-refractivity contribution is 0.279. The van der Waals surface area contributed by atoms with Crippen molar-refractivity contribution in [2.45, 2.75) is 39.3 Å². The lowest BCUT2D eigenvalue weighted by Crippen LogP contribution is -2.50. The largest absolute Gasteiger partial charge is 0.338 e. The quantitative estimate of drug-likeness (QED) is 0.292. The number of likely N-dealkylation sites (N-methyl/N-ethyl adjacent to an activating group) is 1. The number of nitrogens with zero attached hydrogens (tertiary/aromatic N) is 3. The van der Waals surface area contributed by atoms with Crippen molar-refractivity contribution in [1.29, 1.82) is 0 Å². The molecule has 94 valence electrons. The number of aliphatic imine (C=N–C) groups is 1. The summed E-state index contributed by atoms with van der Waals surface area (Å²) < 4.78 is 0. The van der Waals surface area contributed by atoms with Crippen molar-refractivity contribution < 1.29 is 0 Å². The highest BCUT2D eigenvalue weighted by Crippen LogP contribution is 2.09. The SMILES string of the molecule is CC(C)N=C(NN)N1CCCN(C)CC1C. The Balaban J connectivity index is 2.75. The predicted molar refractivity (Wildman–Crippen MR) is 68.2 cm³/mol. The monoisotopic (exact) mass is 227 g/mol. The minimum Gasteiger partial charge on any atom is -0.338 e. The van der Waals surface area contributed by atoms with Crippen molar-refractivity contribution in [3.05, 3.63) is 0 Å². The molecule has 0 aromatic carbocycles. The Morgan fingerprint density at radius 1 is 1.44 bits per heavy atom. The molecule has 5 heteroatoms. The zero-order valence-electron chi connectivity index (χ0n) is 10.9. The second-order valence-corrected chi connectivity index (χ2v) is 4.85. The smallest absolute Gasteiger partial charge is 0.208 e. The van der Waals surface area contributed by atoms with Crippen molar-refractivity contribution in [2.24, 2.45) is 10.8 Å². The number of rotatable bonds is 1. The zero-order valence-corrected chi connectivity index (χ0v) is 10.9. The van der Waals surface area contributed by atoms with Gasteiger partial charge in [-0.15, -0.1) is 0 Å². The van der Waals surface area contributed by atoms with Crippen LogP contribution in [0.5, 0.6) is 0 Å². The summed E-state index contributed by atoms with van der Waals surface area (Å²) in [5.41, 5.74) is 2.73. The van der Waals surface area contributed by atoms with Gasteiger partial charge in [-0.25, -0.2) is 10.8 Å². The van der Waals surface area contributed by atoms with Crippen LogP contribution in [-0.2, 0) is 0 Å². The molecule has 16 heavy (non-hydrogen) atoms. The van der Waals surface area contributed by atoms with Gasteiger partial charge in [0.25, 0.3) is 0 Å². The van der Waals surface area contributed by atoms with Crippen LogP contribution in [0.4, 0.5) is 0 Å². The molecule has 0 amide bonds. The summed E-state index contributed by atoms with van der Waals surface area (Å²) in [6.07, 6.45) is 1.15. The number of guanidine groups is 1. The minimum atomic E-state index is 0.263. The highest BCUT2D eigenvalue weighted by atomic mass is 15.4. The molecule has 1 heterocycles. The maximum absolute atomic E-state index is 5.56. The van der Waals surface area contributed by atoms with Gasteiger partial charge < -0.3 is 9.80 Å². The molecule has 0 bridgehead atoms. The zero-order chi connectivity index (χ0) is 12.1. The van der Waals surface area contributed by atoms with Gasteiger partial charge in [0.2, 0.25) is 5.96 Å². The Morgan fingerprint density at radius 2 is 2.12 bits per heavy atom. The molecule has 1 saturated heterocycles. The van der Waals surface area contributed by atoms with E-state index in [1.165, 1.54) is 0 Å². The number of hydrazine groups is 1. The van der Waals surface area contributed by atoms with Crippen LogP contribution >= 0.6 is 0 Å². The minimum absolute atomic E-state index is 0.263. The highest BCUT2D eigenvalue weighted by Gasteiger charge is 2.22. The molecule has 0 aliphatic carbocycles. The number of hydrogen-bond acceptors (Lipinski definition) is 3. The summed E-state index contributed by atoms with van der Waals surface area (Å²) in [6, 6.07) is 0.709. The highest BCUT2D eigenvalue weighted by molar-refractivity contribution is 5.79. The maximum atomic E-state index is 5.56. The Kier molecular flexibility index (Phi) is 5.02. The van der Waals surface area contributed by atoms with E-state index in [0.717, 1.165) is 32.0 Å². The predicted octanol–water partition coefficient (Wildman–Crippen LogP) is 0.240. The first-order valence-corrected chi connectivity index (χ1v) is 6.04. The van der Waals surface area contributed by atoms with Gasteiger partial charge in [-0.1, -0.05) is 0 Å². The van der Waals surface area contributed by atoms with Gasteiger partial charge in [0, 0.05) is 25.2 Å². The first kappa shape index (κ1) is 13.3. The van der Waals surface area contributed by atoms with Crippen LogP contribution in [0.25, 0.3) is 0 Å². The number of nitrogens with one attached hydrogen (secondary N) is 1. The van der Waals surface area contributed by atoms with E-state index >= 15 is 0 Å². The molecule has 0 radical (unpaired) electrons. The van der Waals surface area contributed by atoms with Gasteiger partial charge in [0.05, 0.1) is 0 Å². The molecular formula is C11H25N5. The first-order chi connectivity index (χ1) is 7.54. The molecular weight excluding hydrogens is 202 g/mol. The molecule has 1 aliphatic heterocycles. The summed E-state index contributed by atoms with van der Waals surface area (Å²) >= 11 is 0. The Hall–Kier alpha value is -0.810. The molecule has 1 unspecified atom stereocenters. The van der Waals surface area contributed by atoms with Crippen LogP contribution in [0.15, 0.2) is 4.99 Å². The molecule has 0 spiro atoms. The fraction of sp³-hybridized carbons (Fsp3) is 0.909. The van der Waals surface area contributed by atoms with Crippen molar-refractivity contribution in [3.8, 4) is 0 Å². The average Bonchev–Trinajstić information content (AvgIpc) is 2.36. The third kappa shape index (κ3) is 3.64. The third-order valence-electron chi connectivity index (χ3n) is 2.83. The molecule has 1 fully saturated rings. The Morgan fingerprint density at radius 3 is 2.69 bits per heavy atom. The fourth-order valence-corrected chi connectivity index (χ4v) is 2.13. The lowest BCUT2D eigenvalue weighted by Gasteiger charge is -2.30. The average molecular weight is 227 g/mol. The van der Waals surface area contributed by atoms with E-state index in [-0.39, 0.29) is 6.04 Å². The van der Waals surface area contributed by atoms with Gasteiger partial charge in [-0.05, 0) is 40.8 Å². The van der Waals surface area contributed by atoms with Crippen molar-refractivity contribution in [1.82, 2.24) is 15.2 Å². The van der Waals surface area contributed by atoms with Crippen molar-refractivity contribution in [3.63, 3.8) is 0 Å². The molecule has 3 N–H and O–H groups in total. The van der Waals surface area contributed by atoms with E-state index in [1.54, 1.807) is 0 Å². The summed E-state index contributed by atoms with van der Waals surface area (Å²) in [7, 11) is 2.16. The Bertz CT molecular complexity index is 239. The second-order valence-electron chi connectivity index (χ2n) is 4.85. The molecule has 0 aromatic rings. The molecule has 0 aromatic heterocycles. The van der Waals surface area contributed by atoms with Gasteiger partial charge in [-0.3, -0.25) is 5.43 Å². The lowest BCUT2D eigenvalue weighted by atomic mass is 10.3. The topological polar surface area (TPSA) is 56.9 Å². The molecule has 5 nitrogen and oxygen atoms in total. The molecule has 1 atom stereocenters. The van der Waals surface area contributed by atoms with E-state index in [1.807, 2.05) is 0 Å². The van der Waals surface area contributed by atoms with Gasteiger partial charge >= 0.3 is 0 Å². The number of hydrogen-bond donors (Lipinski definition) is 2. The van der Waals surface area contributed by atoms with E-state index in [9.17, 15) is 0 Å². The van der Waals surface area contributed by atoms with E-state index in [0.29, 0.717) is 6.04 Å². The summed E-state index contributed by atoms with van der Waals surface area (Å²) in [5.74, 6) is 6.38. The molecule has 1 aliphatic rings. The first-order valence-electron chi connectivity index (χ1n) is 6.04. The van der Waals surface area contributed by atoms with E-state index in [2.05, 4.69) is 48.0 Å². The molecule has 1 rings (SSSR count). The van der Waals surface area contributed by atoms with Gasteiger partial charge in [-0.2, -0.15) is 0 Å². The van der Waals surface area contributed by atoms with Crippen LogP contribution in [0.1, 0.15) is 27.2 Å². The Labute approximate surface area is 98.7 Å². The van der Waals surface area contributed by atoms with E-state index < -0.39 is 0 Å². The summed E-state index contributed by atoms with van der Waals surface area (Å²) in [4.78, 5) is 9.15. The number of nitrogens with two attached hydrogens (primary N) is 1. The van der Waals surface area contributed by atoms with Gasteiger partial charge in [0.15, 0.2) is 0 Å². The third-order valence-corrected chi connectivity index (χ3v) is 2.83. The van der Waals surface area contributed by atoms with Crippen LogP contribution in [-0.4, -0.2) is 54.5 Å². The van der Waals surface area contributed by atoms with Crippen LogP contribution in [0, 0.1) is 0 Å². The maximum Gasteiger partial charge on any atom is 0.208 e. The van der Waals surface area contributed by atoms with Crippen molar-refractivity contribution >= 4 is 5.96 Å². The molecule has 0 saturated carbocycles. The normalized spacial score (nSPS) is 24.8. The second kappa shape index (κ2) is 6.06. The van der Waals surface area contributed by atoms with Gasteiger partial charge in [0.1, 0.15) is 0 Å². The van der Waals surface area contributed by atoms with E-state index in [4.69, 9.17) is 5.84 Å². The fourth-order valence-electron chi connectivity index (χ4n) is 2.13.